The van der Waals surface area contributed by atoms with E-state index < -0.39 is 39.4 Å². The lowest BCUT2D eigenvalue weighted by atomic mass is 9.92. The molecule has 2 atom stereocenters. The van der Waals surface area contributed by atoms with Crippen molar-refractivity contribution in [2.45, 2.75) is 36.2 Å². The molecule has 0 aromatic heterocycles. The van der Waals surface area contributed by atoms with E-state index in [-0.39, 0.29) is 32.2 Å². The topological polar surface area (TPSA) is 160 Å². The molecule has 2 amide bonds. The minimum atomic E-state index is -4.15. The normalized spacial score (nSPS) is 25.7. The fourth-order valence-electron chi connectivity index (χ4n) is 4.02. The number of β-amino-alcohol motifs (C(OH)–C–C–N with tert-alkyl or cyclic N) is 1. The van der Waals surface area contributed by atoms with Crippen molar-refractivity contribution in [3.8, 4) is 11.5 Å². The maximum atomic E-state index is 13.2. The number of carbonyl (C=O) groups excluding carboxylic acids is 1. The van der Waals surface area contributed by atoms with Crippen LogP contribution in [-0.2, 0) is 14.8 Å². The Hall–Kier alpha value is -2.57. The Kier molecular flexibility index (Phi) is 6.62. The number of benzene rings is 1. The third kappa shape index (κ3) is 4.70. The quantitative estimate of drug-likeness (QED) is 0.531. The molecule has 2 fully saturated rings. The average molecular weight is 458 g/mol. The third-order valence-corrected chi connectivity index (χ3v) is 8.20. The zero-order chi connectivity index (χ0) is 22.8. The van der Waals surface area contributed by atoms with Crippen LogP contribution in [0, 0.1) is 0 Å². The number of urea groups is 1. The molecule has 2 aliphatic rings. The molecular weight excluding hydrogens is 430 g/mol. The summed E-state index contributed by atoms with van der Waals surface area (Å²) in [6.45, 7) is -0.480. The second-order valence-electron chi connectivity index (χ2n) is 7.71. The van der Waals surface area contributed by atoms with Crippen LogP contribution in [0.3, 0.4) is 0 Å². The zero-order valence-corrected chi connectivity index (χ0v) is 18.0. The Bertz CT molecular complexity index is 932. The molecule has 12 heteroatoms. The van der Waals surface area contributed by atoms with Gasteiger partial charge in [0.15, 0.2) is 5.60 Å². The van der Waals surface area contributed by atoms with Gasteiger partial charge in [0.2, 0.25) is 10.0 Å². The number of piperidine rings is 2. The number of methoxy groups -OCH3 is 1. The van der Waals surface area contributed by atoms with E-state index in [1.54, 1.807) is 31.4 Å². The highest BCUT2D eigenvalue weighted by Gasteiger charge is 2.56. The van der Waals surface area contributed by atoms with E-state index in [0.717, 1.165) is 4.90 Å². The van der Waals surface area contributed by atoms with E-state index in [0.29, 0.717) is 24.3 Å². The third-order valence-electron chi connectivity index (χ3n) is 5.77. The molecule has 11 nitrogen and oxygen atoms in total. The number of amides is 2. The smallest absolute Gasteiger partial charge is 0.339 e. The number of primary amides is 1. The maximum absolute atomic E-state index is 13.2. The monoisotopic (exact) mass is 457 g/mol. The van der Waals surface area contributed by atoms with Crippen molar-refractivity contribution in [2.75, 3.05) is 33.3 Å². The van der Waals surface area contributed by atoms with Gasteiger partial charge in [-0.2, -0.15) is 0 Å². The minimum Gasteiger partial charge on any atom is -0.497 e. The fourth-order valence-corrected chi connectivity index (χ4v) is 6.17. The molecule has 2 heterocycles. The van der Waals surface area contributed by atoms with E-state index in [1.165, 1.54) is 4.31 Å². The van der Waals surface area contributed by atoms with Crippen LogP contribution in [0.1, 0.15) is 19.3 Å². The number of aliphatic carboxylic acids is 1. The summed E-state index contributed by atoms with van der Waals surface area (Å²) in [6.07, 6.45) is 0.368. The first-order valence-corrected chi connectivity index (χ1v) is 11.4. The van der Waals surface area contributed by atoms with Crippen LogP contribution in [0.25, 0.3) is 0 Å². The number of hydrogen-bond donors (Lipinski definition) is 3. The molecule has 0 bridgehead atoms. The number of carboxylic acids is 1. The van der Waals surface area contributed by atoms with Crippen LogP contribution in [0.5, 0.6) is 11.5 Å². The van der Waals surface area contributed by atoms with Gasteiger partial charge in [0.1, 0.15) is 22.9 Å². The van der Waals surface area contributed by atoms with Gasteiger partial charge in [-0.1, -0.05) is 6.07 Å². The van der Waals surface area contributed by atoms with Crippen molar-refractivity contribution in [2.24, 2.45) is 5.73 Å². The number of ether oxygens (including phenoxy) is 2. The van der Waals surface area contributed by atoms with Crippen molar-refractivity contribution in [1.29, 1.82) is 0 Å². The molecule has 0 radical (unpaired) electrons. The standard InChI is InChI=1S/C19H27N3O8S/c1-29-14-3-2-4-15(11-14)30-13-5-9-22(10-6-13)31(27,28)16-7-8-21(18(20)25)12-19(16,26)17(23)24/h2-4,11,13,16,26H,5-10,12H2,1H3,(H2,20,25)(H,23,24). The second-order valence-corrected chi connectivity index (χ2v) is 9.82. The summed E-state index contributed by atoms with van der Waals surface area (Å²) in [5.74, 6) is -0.448. The van der Waals surface area contributed by atoms with Crippen molar-refractivity contribution in [3.05, 3.63) is 24.3 Å². The SMILES string of the molecule is COc1cccc(OC2CCN(S(=O)(=O)C3CCN(C(N)=O)CC3(O)C(=O)O)CC2)c1. The van der Waals surface area contributed by atoms with Gasteiger partial charge in [0.05, 0.1) is 13.7 Å². The summed E-state index contributed by atoms with van der Waals surface area (Å²) in [7, 11) is -2.60. The van der Waals surface area contributed by atoms with Crippen molar-refractivity contribution < 1.29 is 37.7 Å². The van der Waals surface area contributed by atoms with Gasteiger partial charge in [0.25, 0.3) is 0 Å². The maximum Gasteiger partial charge on any atom is 0.339 e. The molecule has 1 aromatic carbocycles. The molecule has 31 heavy (non-hydrogen) atoms. The Morgan fingerprint density at radius 3 is 2.39 bits per heavy atom. The first-order chi connectivity index (χ1) is 14.6. The fraction of sp³-hybridized carbons (Fsp3) is 0.579. The predicted octanol–water partition coefficient (Wildman–Crippen LogP) is -0.163. The highest BCUT2D eigenvalue weighted by atomic mass is 32.2. The second kappa shape index (κ2) is 8.89. The zero-order valence-electron chi connectivity index (χ0n) is 17.1. The molecule has 2 aliphatic heterocycles. The van der Waals surface area contributed by atoms with Gasteiger partial charge >= 0.3 is 12.0 Å². The molecular formula is C19H27N3O8S. The number of sulfonamides is 1. The molecule has 4 N–H and O–H groups in total. The lowest BCUT2D eigenvalue weighted by molar-refractivity contribution is -0.162. The highest BCUT2D eigenvalue weighted by Crippen LogP contribution is 2.32. The van der Waals surface area contributed by atoms with Gasteiger partial charge in [-0.05, 0) is 31.4 Å². The number of carboxylic acid groups (broad SMARTS) is 1. The van der Waals surface area contributed by atoms with Gasteiger partial charge in [-0.15, -0.1) is 0 Å². The molecule has 0 aliphatic carbocycles. The lowest BCUT2D eigenvalue weighted by Gasteiger charge is -2.43. The van der Waals surface area contributed by atoms with Crippen LogP contribution >= 0.6 is 0 Å². The Morgan fingerprint density at radius 2 is 1.81 bits per heavy atom. The Balaban J connectivity index is 1.68. The van der Waals surface area contributed by atoms with Crippen LogP contribution < -0.4 is 15.2 Å². The first-order valence-electron chi connectivity index (χ1n) is 9.87. The molecule has 2 unspecified atom stereocenters. The van der Waals surface area contributed by atoms with E-state index >= 15 is 0 Å². The summed E-state index contributed by atoms with van der Waals surface area (Å²) in [6, 6.07) is 6.19. The van der Waals surface area contributed by atoms with Gasteiger partial charge < -0.3 is 30.3 Å². The number of nitrogens with zero attached hydrogens (tertiary/aromatic N) is 2. The Labute approximate surface area is 180 Å². The van der Waals surface area contributed by atoms with Crippen molar-refractivity contribution in [1.82, 2.24) is 9.21 Å². The highest BCUT2D eigenvalue weighted by molar-refractivity contribution is 7.89. The summed E-state index contributed by atoms with van der Waals surface area (Å²) < 4.78 is 38.7. The van der Waals surface area contributed by atoms with E-state index in [2.05, 4.69) is 0 Å². The number of hydrogen-bond acceptors (Lipinski definition) is 7. The lowest BCUT2D eigenvalue weighted by Crippen LogP contribution is -2.67. The van der Waals surface area contributed by atoms with Gasteiger partial charge in [-0.3, -0.25) is 0 Å². The van der Waals surface area contributed by atoms with E-state index in [1.807, 2.05) is 0 Å². The number of rotatable bonds is 6. The van der Waals surface area contributed by atoms with Crippen LogP contribution in [0.4, 0.5) is 4.79 Å². The van der Waals surface area contributed by atoms with Crippen LogP contribution in [0.2, 0.25) is 0 Å². The average Bonchev–Trinajstić information content (AvgIpc) is 2.73. The van der Waals surface area contributed by atoms with Crippen LogP contribution in [0.15, 0.2) is 24.3 Å². The van der Waals surface area contributed by atoms with Crippen molar-refractivity contribution >= 4 is 22.0 Å². The summed E-state index contributed by atoms with van der Waals surface area (Å²) in [5, 5.41) is 18.7. The van der Waals surface area contributed by atoms with Crippen LogP contribution in [-0.4, -0.2) is 90.1 Å². The first kappa shape index (κ1) is 23.1. The minimum absolute atomic E-state index is 0.0514. The Morgan fingerprint density at radius 1 is 1.16 bits per heavy atom. The number of likely N-dealkylation sites (tertiary alicyclic amines) is 1. The number of nitrogens with two attached hydrogens (primary N) is 1. The molecule has 172 valence electrons. The van der Waals surface area contributed by atoms with Crippen molar-refractivity contribution in [3.63, 3.8) is 0 Å². The van der Waals surface area contributed by atoms with Gasteiger partial charge in [-0.25, -0.2) is 22.3 Å². The van der Waals surface area contributed by atoms with E-state index in [4.69, 9.17) is 15.2 Å². The molecule has 0 saturated carbocycles. The summed E-state index contributed by atoms with van der Waals surface area (Å²) >= 11 is 0. The molecule has 0 spiro atoms. The predicted molar refractivity (Wildman–Crippen MR) is 109 cm³/mol. The molecule has 3 rings (SSSR count). The van der Waals surface area contributed by atoms with Gasteiger partial charge in [0, 0.05) is 25.7 Å². The molecule has 1 aromatic rings. The molecule has 2 saturated heterocycles. The van der Waals surface area contributed by atoms with E-state index in [9.17, 15) is 28.2 Å². The summed E-state index contributed by atoms with van der Waals surface area (Å²) in [4.78, 5) is 24.1. The number of aliphatic hydroxyl groups is 1. The largest absolute Gasteiger partial charge is 0.497 e. The number of carbonyl (C=O) groups is 2. The summed E-state index contributed by atoms with van der Waals surface area (Å²) in [5.41, 5.74) is 2.55.